The zero-order chi connectivity index (χ0) is 9.14. The third-order valence-electron chi connectivity index (χ3n) is 1.69. The predicted molar refractivity (Wildman–Crippen MR) is 49.3 cm³/mol. The van der Waals surface area contributed by atoms with E-state index >= 15 is 0 Å². The summed E-state index contributed by atoms with van der Waals surface area (Å²) in [5.41, 5.74) is 5.88. The van der Waals surface area contributed by atoms with Crippen molar-refractivity contribution in [1.82, 2.24) is 4.57 Å². The van der Waals surface area contributed by atoms with E-state index in [1.165, 1.54) is 0 Å². The first-order chi connectivity index (χ1) is 5.69. The van der Waals surface area contributed by atoms with Crippen LogP contribution in [0, 0.1) is 0 Å². The largest absolute Gasteiger partial charge is 0.326 e. The zero-order valence-corrected chi connectivity index (χ0v) is 7.64. The fraction of sp³-hybridized carbons (Fsp3) is 0.375. The van der Waals surface area contributed by atoms with E-state index in [2.05, 4.69) is 0 Å². The van der Waals surface area contributed by atoms with Crippen LogP contribution in [0.3, 0.4) is 0 Å². The summed E-state index contributed by atoms with van der Waals surface area (Å²) >= 11 is 5.76. The van der Waals surface area contributed by atoms with E-state index in [0.717, 1.165) is 0 Å². The van der Waals surface area contributed by atoms with Crippen LogP contribution in [-0.4, -0.2) is 4.57 Å². The molecule has 0 unspecified atom stereocenters. The lowest BCUT2D eigenvalue weighted by Crippen LogP contribution is -2.24. The molecule has 1 aromatic heterocycles. The average Bonchev–Trinajstić information content (AvgIpc) is 2.08. The van der Waals surface area contributed by atoms with Gasteiger partial charge in [-0.25, -0.2) is 0 Å². The number of hydrogen-bond donors (Lipinski definition) is 1. The van der Waals surface area contributed by atoms with Crippen LogP contribution in [-0.2, 0) is 13.1 Å². The minimum atomic E-state index is -0.0515. The third kappa shape index (κ3) is 1.68. The molecule has 2 N–H and O–H groups in total. The van der Waals surface area contributed by atoms with Crippen molar-refractivity contribution in [3.05, 3.63) is 33.2 Å². The van der Waals surface area contributed by atoms with E-state index in [4.69, 9.17) is 17.3 Å². The number of aryl methyl sites for hydroxylation is 1. The molecular weight excluding hydrogens is 176 g/mol. The van der Waals surface area contributed by atoms with E-state index in [0.29, 0.717) is 17.1 Å². The van der Waals surface area contributed by atoms with Gasteiger partial charge in [-0.2, -0.15) is 0 Å². The summed E-state index contributed by atoms with van der Waals surface area (Å²) < 4.78 is 1.55. The topological polar surface area (TPSA) is 48.0 Å². The van der Waals surface area contributed by atoms with Crippen molar-refractivity contribution in [3.63, 3.8) is 0 Å². The molecule has 0 atom stereocenters. The van der Waals surface area contributed by atoms with Gasteiger partial charge in [0.05, 0.1) is 5.02 Å². The average molecular weight is 187 g/mol. The molecule has 0 spiro atoms. The molecule has 1 heterocycles. The van der Waals surface area contributed by atoms with E-state index < -0.39 is 0 Å². The van der Waals surface area contributed by atoms with E-state index in [1.54, 1.807) is 16.8 Å². The monoisotopic (exact) mass is 186 g/mol. The van der Waals surface area contributed by atoms with Crippen LogP contribution in [0.25, 0.3) is 0 Å². The van der Waals surface area contributed by atoms with Crippen molar-refractivity contribution in [2.24, 2.45) is 5.73 Å². The first-order valence-corrected chi connectivity index (χ1v) is 4.15. The van der Waals surface area contributed by atoms with Gasteiger partial charge in [0.25, 0.3) is 5.56 Å². The number of pyridine rings is 1. The zero-order valence-electron chi connectivity index (χ0n) is 6.88. The molecule has 0 bridgehead atoms. The minimum Gasteiger partial charge on any atom is -0.326 e. The smallest absolute Gasteiger partial charge is 0.255 e. The minimum absolute atomic E-state index is 0.0515. The maximum absolute atomic E-state index is 11.4. The van der Waals surface area contributed by atoms with Crippen LogP contribution in [0.2, 0.25) is 5.02 Å². The summed E-state index contributed by atoms with van der Waals surface area (Å²) in [6, 6.07) is 1.61. The Hall–Kier alpha value is -0.800. The molecule has 1 rings (SSSR count). The maximum Gasteiger partial charge on any atom is 0.255 e. The Labute approximate surface area is 75.8 Å². The van der Waals surface area contributed by atoms with E-state index in [9.17, 15) is 4.79 Å². The van der Waals surface area contributed by atoms with Gasteiger partial charge in [-0.15, -0.1) is 0 Å². The number of nitrogens with zero attached hydrogens (tertiary/aromatic N) is 1. The molecule has 0 radical (unpaired) electrons. The number of rotatable bonds is 2. The summed E-state index contributed by atoms with van der Waals surface area (Å²) in [6.07, 6.45) is 1.61. The number of halogens is 1. The quantitative estimate of drug-likeness (QED) is 0.749. The van der Waals surface area contributed by atoms with Crippen LogP contribution in [0.1, 0.15) is 12.5 Å². The van der Waals surface area contributed by atoms with Gasteiger partial charge >= 0.3 is 0 Å². The van der Waals surface area contributed by atoms with Gasteiger partial charge < -0.3 is 10.3 Å². The molecule has 0 saturated heterocycles. The fourth-order valence-electron chi connectivity index (χ4n) is 1.04. The summed E-state index contributed by atoms with van der Waals surface area (Å²) in [6.45, 7) is 2.74. The molecule has 0 aliphatic rings. The van der Waals surface area contributed by atoms with Gasteiger partial charge in [-0.05, 0) is 13.0 Å². The number of hydrogen-bond acceptors (Lipinski definition) is 2. The Morgan fingerprint density at radius 1 is 1.67 bits per heavy atom. The molecule has 3 nitrogen and oxygen atoms in total. The van der Waals surface area contributed by atoms with Crippen LogP contribution >= 0.6 is 11.6 Å². The van der Waals surface area contributed by atoms with Gasteiger partial charge in [0.2, 0.25) is 0 Å². The second-order valence-electron chi connectivity index (χ2n) is 2.48. The van der Waals surface area contributed by atoms with E-state index in [-0.39, 0.29) is 12.1 Å². The lowest BCUT2D eigenvalue weighted by atomic mass is 10.3. The first-order valence-electron chi connectivity index (χ1n) is 3.78. The van der Waals surface area contributed by atoms with Gasteiger partial charge in [-0.1, -0.05) is 11.6 Å². The highest BCUT2D eigenvalue weighted by atomic mass is 35.5. The van der Waals surface area contributed by atoms with Gasteiger partial charge in [0.15, 0.2) is 0 Å². The Bertz CT molecular complexity index is 304. The highest BCUT2D eigenvalue weighted by Gasteiger charge is 2.01. The molecule has 1 aromatic rings. The molecule has 0 aliphatic carbocycles. The molecule has 66 valence electrons. The maximum atomic E-state index is 11.4. The molecule has 0 fully saturated rings. The molecular formula is C8H11ClN2O. The molecule has 12 heavy (non-hydrogen) atoms. The van der Waals surface area contributed by atoms with Crippen molar-refractivity contribution in [2.45, 2.75) is 20.0 Å². The van der Waals surface area contributed by atoms with Gasteiger partial charge in [0.1, 0.15) is 0 Å². The Kier molecular flexibility index (Phi) is 2.89. The predicted octanol–water partition coefficient (Wildman–Crippen LogP) is 0.980. The van der Waals surface area contributed by atoms with Crippen LogP contribution in [0.4, 0.5) is 0 Å². The van der Waals surface area contributed by atoms with Crippen LogP contribution < -0.4 is 11.3 Å². The molecule has 0 aromatic carbocycles. The lowest BCUT2D eigenvalue weighted by Gasteiger charge is -2.04. The van der Waals surface area contributed by atoms with Gasteiger partial charge in [0, 0.05) is 24.8 Å². The summed E-state index contributed by atoms with van der Waals surface area (Å²) in [4.78, 5) is 11.4. The summed E-state index contributed by atoms with van der Waals surface area (Å²) in [5.74, 6) is 0. The lowest BCUT2D eigenvalue weighted by molar-refractivity contribution is 0.714. The van der Waals surface area contributed by atoms with Crippen molar-refractivity contribution in [1.29, 1.82) is 0 Å². The Morgan fingerprint density at radius 3 is 2.83 bits per heavy atom. The second-order valence-corrected chi connectivity index (χ2v) is 2.92. The summed E-state index contributed by atoms with van der Waals surface area (Å²) in [5, 5.41) is 0.553. The molecule has 0 amide bonds. The number of aromatic nitrogens is 1. The Balaban J connectivity index is 3.32. The van der Waals surface area contributed by atoms with E-state index in [1.807, 2.05) is 6.92 Å². The normalized spacial score (nSPS) is 10.2. The van der Waals surface area contributed by atoms with Crippen LogP contribution in [0.15, 0.2) is 17.1 Å². The first kappa shape index (κ1) is 9.29. The highest BCUT2D eigenvalue weighted by Crippen LogP contribution is 2.06. The molecule has 4 heteroatoms. The second kappa shape index (κ2) is 3.74. The Morgan fingerprint density at radius 2 is 2.33 bits per heavy atom. The standard InChI is InChI=1S/C8H11ClN2O/c1-2-11-5-7(9)3-6(4-10)8(11)12/h3,5H,2,4,10H2,1H3. The third-order valence-corrected chi connectivity index (χ3v) is 1.89. The van der Waals surface area contributed by atoms with Gasteiger partial charge in [-0.3, -0.25) is 4.79 Å². The highest BCUT2D eigenvalue weighted by molar-refractivity contribution is 6.30. The molecule has 0 aliphatic heterocycles. The van der Waals surface area contributed by atoms with Crippen molar-refractivity contribution in [2.75, 3.05) is 0 Å². The number of nitrogens with two attached hydrogens (primary N) is 1. The van der Waals surface area contributed by atoms with Crippen molar-refractivity contribution in [3.8, 4) is 0 Å². The van der Waals surface area contributed by atoms with Crippen molar-refractivity contribution >= 4 is 11.6 Å². The fourth-order valence-corrected chi connectivity index (χ4v) is 1.29. The summed E-state index contributed by atoms with van der Waals surface area (Å²) in [7, 11) is 0. The molecule has 0 saturated carbocycles. The van der Waals surface area contributed by atoms with Crippen LogP contribution in [0.5, 0.6) is 0 Å². The SMILES string of the molecule is CCn1cc(Cl)cc(CN)c1=O. The van der Waals surface area contributed by atoms with Crippen molar-refractivity contribution < 1.29 is 0 Å².